The molecule has 2 unspecified atom stereocenters. The smallest absolute Gasteiger partial charge is 0.330 e. The van der Waals surface area contributed by atoms with Gasteiger partial charge in [-0.15, -0.1) is 0 Å². The molecule has 1 aromatic heterocycles. The first-order chi connectivity index (χ1) is 12.1. The number of rotatable bonds is 3. The maximum atomic E-state index is 12.6. The molecule has 0 saturated carbocycles. The number of urea groups is 1. The Labute approximate surface area is 161 Å². The van der Waals surface area contributed by atoms with Gasteiger partial charge < -0.3 is 14.4 Å². The van der Waals surface area contributed by atoms with Crippen molar-refractivity contribution in [3.8, 4) is 5.75 Å². The van der Waals surface area contributed by atoms with Gasteiger partial charge in [0.05, 0.1) is 5.02 Å². The maximum Gasteiger partial charge on any atom is 0.330 e. The first-order valence-electron chi connectivity index (χ1n) is 7.92. The quantitative estimate of drug-likeness (QED) is 0.846. The Bertz CT molecular complexity index is 834. The monoisotopic (exact) mass is 399 g/mol. The van der Waals surface area contributed by atoms with E-state index in [9.17, 15) is 9.90 Å². The summed E-state index contributed by atoms with van der Waals surface area (Å²) in [6.45, 7) is 5.88. The second kappa shape index (κ2) is 6.64. The number of benzene rings is 1. The Kier molecular flexibility index (Phi) is 4.81. The fourth-order valence-corrected chi connectivity index (χ4v) is 2.98. The van der Waals surface area contributed by atoms with Gasteiger partial charge in [0.25, 0.3) is 0 Å². The van der Waals surface area contributed by atoms with Crippen molar-refractivity contribution in [1.29, 1.82) is 0 Å². The summed E-state index contributed by atoms with van der Waals surface area (Å²) >= 11 is 12.0. The van der Waals surface area contributed by atoms with E-state index in [1.807, 2.05) is 20.8 Å². The number of ether oxygens (including phenoxy) is 1. The second-order valence-electron chi connectivity index (χ2n) is 7.06. The number of likely N-dealkylation sites (N-methyl/N-ethyl adjacent to an activating group) is 1. The largest absolute Gasteiger partial charge is 0.464 e. The van der Waals surface area contributed by atoms with Gasteiger partial charge in [-0.05, 0) is 18.2 Å². The van der Waals surface area contributed by atoms with Crippen LogP contribution in [0.1, 0.15) is 26.5 Å². The summed E-state index contributed by atoms with van der Waals surface area (Å²) < 4.78 is 11.1. The van der Waals surface area contributed by atoms with Crippen molar-refractivity contribution in [2.75, 3.05) is 11.9 Å². The molecule has 9 heteroatoms. The maximum absolute atomic E-state index is 12.6. The molecule has 7 nitrogen and oxygen atoms in total. The molecule has 1 aliphatic rings. The van der Waals surface area contributed by atoms with Gasteiger partial charge in [-0.25, -0.2) is 9.69 Å². The predicted octanol–water partition coefficient (Wildman–Crippen LogP) is 3.87. The lowest BCUT2D eigenvalue weighted by atomic mass is 9.93. The summed E-state index contributed by atoms with van der Waals surface area (Å²) in [6.07, 6.45) is -2.27. The lowest BCUT2D eigenvalue weighted by Crippen LogP contribution is -2.40. The number of hydrogen-bond donors (Lipinski definition) is 1. The fraction of sp³-hybridized carbons (Fsp3) is 0.412. The van der Waals surface area contributed by atoms with Crippen molar-refractivity contribution < 1.29 is 19.2 Å². The van der Waals surface area contributed by atoms with E-state index in [1.165, 1.54) is 18.0 Å². The molecule has 2 aromatic rings. The molecule has 1 aromatic carbocycles. The number of aliphatic hydroxyl groups is 1. The third-order valence-electron chi connectivity index (χ3n) is 4.03. The molecule has 2 atom stereocenters. The summed E-state index contributed by atoms with van der Waals surface area (Å²) in [5, 5.41) is 15.3. The van der Waals surface area contributed by atoms with Gasteiger partial charge >= 0.3 is 6.03 Å². The highest BCUT2D eigenvalue weighted by Crippen LogP contribution is 2.34. The van der Waals surface area contributed by atoms with Gasteiger partial charge in [-0.1, -0.05) is 49.1 Å². The Balaban J connectivity index is 1.86. The highest BCUT2D eigenvalue weighted by Gasteiger charge is 2.47. The Morgan fingerprint density at radius 2 is 1.96 bits per heavy atom. The molecule has 0 aliphatic carbocycles. The number of aliphatic hydroxyl groups excluding tert-OH is 1. The van der Waals surface area contributed by atoms with Gasteiger partial charge in [-0.2, -0.15) is 0 Å². The summed E-state index contributed by atoms with van der Waals surface area (Å²) in [7, 11) is 1.52. The molecule has 26 heavy (non-hydrogen) atoms. The van der Waals surface area contributed by atoms with Crippen LogP contribution < -0.4 is 9.64 Å². The molecule has 2 heterocycles. The molecule has 1 aliphatic heterocycles. The molecule has 2 amide bonds. The molecule has 140 valence electrons. The Hall–Kier alpha value is -1.96. The number of amides is 2. The van der Waals surface area contributed by atoms with Crippen molar-refractivity contribution in [3.63, 3.8) is 0 Å². The summed E-state index contributed by atoms with van der Waals surface area (Å²) in [5.74, 6) is 1.12. The van der Waals surface area contributed by atoms with Crippen LogP contribution in [0.15, 0.2) is 28.8 Å². The van der Waals surface area contributed by atoms with Crippen molar-refractivity contribution in [3.05, 3.63) is 40.1 Å². The molecular weight excluding hydrogens is 381 g/mol. The van der Waals surface area contributed by atoms with E-state index >= 15 is 0 Å². The molecule has 0 spiro atoms. The highest BCUT2D eigenvalue weighted by molar-refractivity contribution is 6.35. The molecule has 0 radical (unpaired) electrons. The van der Waals surface area contributed by atoms with Crippen LogP contribution in [0.5, 0.6) is 5.75 Å². The van der Waals surface area contributed by atoms with E-state index in [2.05, 4.69) is 5.16 Å². The number of anilines is 1. The van der Waals surface area contributed by atoms with Crippen molar-refractivity contribution in [2.45, 2.75) is 38.6 Å². The molecular formula is C17H19Cl2N3O4. The van der Waals surface area contributed by atoms with E-state index in [0.717, 1.165) is 4.90 Å². The zero-order chi connectivity index (χ0) is 19.2. The Morgan fingerprint density at radius 1 is 1.27 bits per heavy atom. The van der Waals surface area contributed by atoms with Crippen LogP contribution in [-0.2, 0) is 5.41 Å². The van der Waals surface area contributed by atoms with E-state index in [4.69, 9.17) is 32.5 Å². The standard InChI is InChI=1S/C17H19Cl2N3O4/c1-17(2,3)12-8-13(20-26-12)22-14(23)15(21(4)16(22)24)25-11-6-5-9(18)7-10(11)19/h5-8,14-15,23H,1-4H3. The zero-order valence-electron chi connectivity index (χ0n) is 14.7. The second-order valence-corrected chi connectivity index (χ2v) is 7.90. The first kappa shape index (κ1) is 18.8. The average Bonchev–Trinajstić information content (AvgIpc) is 3.09. The van der Waals surface area contributed by atoms with Crippen LogP contribution in [0, 0.1) is 0 Å². The lowest BCUT2D eigenvalue weighted by Gasteiger charge is -2.22. The first-order valence-corrected chi connectivity index (χ1v) is 8.68. The van der Waals surface area contributed by atoms with Gasteiger partial charge in [0.15, 0.2) is 12.0 Å². The molecule has 1 saturated heterocycles. The zero-order valence-corrected chi connectivity index (χ0v) is 16.2. The number of aromatic nitrogens is 1. The van der Waals surface area contributed by atoms with Crippen LogP contribution in [-0.4, -0.2) is 40.7 Å². The lowest BCUT2D eigenvalue weighted by molar-refractivity contribution is 0.000166. The number of carbonyl (C=O) groups is 1. The minimum Gasteiger partial charge on any atom is -0.464 e. The van der Waals surface area contributed by atoms with E-state index < -0.39 is 18.5 Å². The summed E-state index contributed by atoms with van der Waals surface area (Å²) in [4.78, 5) is 15.0. The van der Waals surface area contributed by atoms with Gasteiger partial charge in [0.1, 0.15) is 11.5 Å². The average molecular weight is 400 g/mol. The number of hydrogen-bond acceptors (Lipinski definition) is 5. The van der Waals surface area contributed by atoms with Gasteiger partial charge in [-0.3, -0.25) is 4.90 Å². The molecule has 0 bridgehead atoms. The van der Waals surface area contributed by atoms with E-state index in [0.29, 0.717) is 16.5 Å². The van der Waals surface area contributed by atoms with Crippen LogP contribution in [0.4, 0.5) is 10.6 Å². The van der Waals surface area contributed by atoms with Crippen LogP contribution >= 0.6 is 23.2 Å². The fourth-order valence-electron chi connectivity index (χ4n) is 2.53. The highest BCUT2D eigenvalue weighted by atomic mass is 35.5. The summed E-state index contributed by atoms with van der Waals surface area (Å²) in [6, 6.07) is 5.86. The minimum absolute atomic E-state index is 0.215. The molecule has 1 N–H and O–H groups in total. The van der Waals surface area contributed by atoms with Crippen molar-refractivity contribution >= 4 is 35.1 Å². The van der Waals surface area contributed by atoms with Crippen LogP contribution in [0.3, 0.4) is 0 Å². The van der Waals surface area contributed by atoms with Crippen molar-refractivity contribution in [2.24, 2.45) is 0 Å². The normalized spacial score (nSPS) is 20.8. The number of carbonyl (C=O) groups excluding carboxylic acids is 1. The SMILES string of the molecule is CN1C(=O)N(c2cc(C(C)(C)C)on2)C(O)C1Oc1ccc(Cl)cc1Cl. The Morgan fingerprint density at radius 3 is 2.54 bits per heavy atom. The molecule has 1 fully saturated rings. The van der Waals surface area contributed by atoms with Gasteiger partial charge in [0.2, 0.25) is 6.23 Å². The van der Waals surface area contributed by atoms with E-state index in [-0.39, 0.29) is 16.3 Å². The minimum atomic E-state index is -1.29. The van der Waals surface area contributed by atoms with Crippen LogP contribution in [0.25, 0.3) is 0 Å². The predicted molar refractivity (Wildman–Crippen MR) is 97.7 cm³/mol. The summed E-state index contributed by atoms with van der Waals surface area (Å²) in [5.41, 5.74) is -0.280. The third kappa shape index (κ3) is 3.34. The van der Waals surface area contributed by atoms with Crippen molar-refractivity contribution in [1.82, 2.24) is 10.1 Å². The number of nitrogens with zero attached hydrogens (tertiary/aromatic N) is 3. The third-order valence-corrected chi connectivity index (χ3v) is 4.56. The topological polar surface area (TPSA) is 79.0 Å². The van der Waals surface area contributed by atoms with E-state index in [1.54, 1.807) is 18.2 Å². The van der Waals surface area contributed by atoms with Gasteiger partial charge in [0, 0.05) is 23.6 Å². The molecule has 3 rings (SSSR count). The van der Waals surface area contributed by atoms with Crippen LogP contribution in [0.2, 0.25) is 10.0 Å². The number of halogens is 2.